The number of fused-ring (bicyclic) bond motifs is 1. The molecule has 0 saturated carbocycles. The quantitative estimate of drug-likeness (QED) is 0.397. The third kappa shape index (κ3) is 4.70. The van der Waals surface area contributed by atoms with E-state index < -0.39 is 8.07 Å². The van der Waals surface area contributed by atoms with Crippen LogP contribution in [0, 0.1) is 0 Å². The molecule has 0 nitrogen and oxygen atoms in total. The van der Waals surface area contributed by atoms with Gasteiger partial charge in [-0.15, -0.1) is 11.3 Å². The molecule has 3 heterocycles. The van der Waals surface area contributed by atoms with Crippen LogP contribution in [0.15, 0.2) is 65.1 Å². The maximum absolute atomic E-state index is 2.51. The van der Waals surface area contributed by atoms with Crippen molar-refractivity contribution >= 4 is 30.7 Å². The van der Waals surface area contributed by atoms with Crippen molar-refractivity contribution in [3.05, 3.63) is 92.2 Å². The molecule has 181 valence electrons. The van der Waals surface area contributed by atoms with Gasteiger partial charge in [0.1, 0.15) is 0 Å². The van der Waals surface area contributed by atoms with Crippen molar-refractivity contribution in [2.75, 3.05) is 0 Å². The van der Waals surface area contributed by atoms with Gasteiger partial charge in [0.2, 0.25) is 0 Å². The number of thiophene rings is 1. The van der Waals surface area contributed by atoms with Gasteiger partial charge in [0.25, 0.3) is 0 Å². The first-order valence-electron chi connectivity index (χ1n) is 12.2. The average molecular weight is 616 g/mol. The van der Waals surface area contributed by atoms with Crippen molar-refractivity contribution in [2.24, 2.45) is 0 Å². The maximum atomic E-state index is 2.51. The molecule has 3 atom stereocenters. The second-order valence-electron chi connectivity index (χ2n) is 10.5. The van der Waals surface area contributed by atoms with Gasteiger partial charge in [-0.2, -0.15) is 0 Å². The third-order valence-corrected chi connectivity index (χ3v) is 15.3. The monoisotopic (exact) mass is 613 g/mol. The number of halogens is 2. The molecular weight excluding hydrogens is 583 g/mol. The third-order valence-electron chi connectivity index (χ3n) is 8.10. The minimum Gasteiger partial charge on any atom is -1.00 e. The maximum Gasteiger partial charge on any atom is -1.00 e. The molecule has 0 radical (unpaired) electrons. The van der Waals surface area contributed by atoms with Gasteiger partial charge in [-0.3, -0.25) is 0 Å². The van der Waals surface area contributed by atoms with E-state index in [1.807, 2.05) is 11.3 Å². The van der Waals surface area contributed by atoms with Gasteiger partial charge < -0.3 is 24.8 Å². The molecule has 0 N–H and O–H groups in total. The van der Waals surface area contributed by atoms with E-state index in [4.69, 9.17) is 0 Å². The molecule has 3 unspecified atom stereocenters. The minimum atomic E-state index is -0.972. The van der Waals surface area contributed by atoms with Gasteiger partial charge in [0, 0.05) is 10.4 Å². The van der Waals surface area contributed by atoms with Crippen LogP contribution in [0.25, 0.3) is 22.4 Å². The Kier molecular flexibility index (Phi) is 9.04. The first kappa shape index (κ1) is 28.9. The Morgan fingerprint density at radius 1 is 0.971 bits per heavy atom. The molecule has 4 aliphatic rings. The van der Waals surface area contributed by atoms with E-state index in [0.717, 1.165) is 5.54 Å². The van der Waals surface area contributed by atoms with E-state index in [2.05, 4.69) is 101 Å². The van der Waals surface area contributed by atoms with E-state index in [1.165, 1.54) is 39.8 Å². The standard InChI is InChI=1S/C20H21.C10H12SSi.2ClH.Zr/c1-4-15(3)16-8-10-17(11-9-16)19-7-5-6-18-12-14(2)13-20(18)19;1-6-9-7-4-5-11-8(7)10(6)12(9,2)3;;;/h5-13,15H,4H2,1-3H3;4-5,10H,1-3H3;2*1H;/q;;;;+2/p-2. The van der Waals surface area contributed by atoms with Crippen molar-refractivity contribution in [3.8, 4) is 11.1 Å². The topological polar surface area (TPSA) is 0 Å². The zero-order valence-corrected chi connectivity index (χ0v) is 27.2. The fourth-order valence-electron chi connectivity index (χ4n) is 6.13. The van der Waals surface area contributed by atoms with Crippen LogP contribution in [0.4, 0.5) is 0 Å². The van der Waals surface area contributed by atoms with Crippen LogP contribution < -0.4 is 24.8 Å². The summed E-state index contributed by atoms with van der Waals surface area (Å²) in [6, 6.07) is 18.2. The summed E-state index contributed by atoms with van der Waals surface area (Å²) in [6.07, 6.45) is 3.58. The second kappa shape index (κ2) is 11.0. The normalized spacial score (nSPS) is 20.9. The predicted octanol–water partition coefficient (Wildman–Crippen LogP) is 3.30. The van der Waals surface area contributed by atoms with Gasteiger partial charge in [0.15, 0.2) is 0 Å². The second-order valence-corrected chi connectivity index (χ2v) is 17.4. The van der Waals surface area contributed by atoms with Crippen molar-refractivity contribution in [2.45, 2.75) is 62.3 Å². The summed E-state index contributed by atoms with van der Waals surface area (Å²) >= 11 is 3.55. The molecule has 2 bridgehead atoms. The Morgan fingerprint density at radius 2 is 1.66 bits per heavy atom. The predicted molar refractivity (Wildman–Crippen MR) is 144 cm³/mol. The molecule has 7 rings (SSSR count). The molecule has 0 saturated heterocycles. The molecule has 5 heteroatoms. The Balaban J connectivity index is 0.000000208. The van der Waals surface area contributed by atoms with E-state index >= 15 is 0 Å². The SMILES string of the molecule is CC1=C2c3ccsc3C1[Si]2(C)C.CCC(C)c1ccc(-c2cccc3c2C=C(C)[CH]3[Zr+2])cc1.[Cl-].[Cl-]. The number of allylic oxidation sites excluding steroid dienone is 2. The van der Waals surface area contributed by atoms with Crippen LogP contribution in [-0.2, 0) is 24.7 Å². The van der Waals surface area contributed by atoms with Crippen LogP contribution in [0.2, 0.25) is 13.1 Å². The molecule has 3 aromatic rings. The van der Waals surface area contributed by atoms with E-state index in [1.54, 1.807) is 45.9 Å². The van der Waals surface area contributed by atoms with E-state index in [-0.39, 0.29) is 24.8 Å². The van der Waals surface area contributed by atoms with Gasteiger partial charge in [0.05, 0.1) is 8.07 Å². The number of hydrogen-bond donors (Lipinski definition) is 0. The van der Waals surface area contributed by atoms with Crippen LogP contribution in [-0.4, -0.2) is 8.07 Å². The summed E-state index contributed by atoms with van der Waals surface area (Å²) in [5, 5.41) is 4.01. The van der Waals surface area contributed by atoms with Gasteiger partial charge in [-0.1, -0.05) is 23.9 Å². The first-order chi connectivity index (χ1) is 15.8. The van der Waals surface area contributed by atoms with Gasteiger partial charge in [-0.25, -0.2) is 0 Å². The Hall–Kier alpha value is -0.700. The number of hydrogen-bond acceptors (Lipinski definition) is 1. The zero-order chi connectivity index (χ0) is 23.5. The molecule has 0 spiro atoms. The molecule has 2 aliphatic carbocycles. The van der Waals surface area contributed by atoms with Crippen LogP contribution in [0.1, 0.15) is 76.3 Å². The molecule has 0 amide bonds. The summed E-state index contributed by atoms with van der Waals surface area (Å²) in [5.41, 5.74) is 12.8. The fourth-order valence-corrected chi connectivity index (χ4v) is 13.3. The summed E-state index contributed by atoms with van der Waals surface area (Å²) in [4.78, 5) is 1.68. The fraction of sp³-hybridized carbons (Fsp3) is 0.333. The Bertz CT molecular complexity index is 1290. The van der Waals surface area contributed by atoms with Crippen molar-refractivity contribution in [1.29, 1.82) is 0 Å². The Morgan fingerprint density at radius 3 is 2.26 bits per heavy atom. The summed E-state index contributed by atoms with van der Waals surface area (Å²) < 4.78 is 0.645. The smallest absolute Gasteiger partial charge is 1.00 e. The Labute approximate surface area is 244 Å². The van der Waals surface area contributed by atoms with Crippen molar-refractivity contribution in [3.63, 3.8) is 0 Å². The first-order valence-corrected chi connectivity index (χ1v) is 17.5. The number of rotatable bonds is 3. The largest absolute Gasteiger partial charge is 1.00 e. The minimum absolute atomic E-state index is 0. The molecule has 2 aliphatic heterocycles. The average Bonchev–Trinajstić information content (AvgIpc) is 3.50. The molecular formula is C30H33Cl2SSiZr. The van der Waals surface area contributed by atoms with E-state index in [9.17, 15) is 0 Å². The zero-order valence-electron chi connectivity index (χ0n) is 21.4. The number of benzene rings is 2. The van der Waals surface area contributed by atoms with Crippen LogP contribution in [0.3, 0.4) is 0 Å². The van der Waals surface area contributed by atoms with Crippen LogP contribution >= 0.6 is 11.3 Å². The summed E-state index contributed by atoms with van der Waals surface area (Å²) in [6.45, 7) is 14.1. The summed E-state index contributed by atoms with van der Waals surface area (Å²) in [7, 11) is -0.972. The van der Waals surface area contributed by atoms with Crippen molar-refractivity contribution < 1.29 is 49.5 Å². The molecule has 35 heavy (non-hydrogen) atoms. The van der Waals surface area contributed by atoms with E-state index in [0.29, 0.717) is 9.54 Å². The van der Waals surface area contributed by atoms with Crippen molar-refractivity contribution in [1.82, 2.24) is 0 Å². The van der Waals surface area contributed by atoms with Gasteiger partial charge in [-0.05, 0) is 23.9 Å². The van der Waals surface area contributed by atoms with Crippen LogP contribution in [0.5, 0.6) is 0 Å². The van der Waals surface area contributed by atoms with Gasteiger partial charge >= 0.3 is 143 Å². The molecule has 1 aromatic heterocycles. The molecule has 2 aromatic carbocycles. The molecule has 0 fully saturated rings. The summed E-state index contributed by atoms with van der Waals surface area (Å²) in [5.74, 6) is 0.645.